The minimum Gasteiger partial charge on any atom is -0.370 e. The zero-order chi connectivity index (χ0) is 12.3. The Bertz CT molecular complexity index is 396. The van der Waals surface area contributed by atoms with Crippen molar-refractivity contribution >= 4 is 11.7 Å². The number of anilines is 1. The van der Waals surface area contributed by atoms with Gasteiger partial charge in [-0.3, -0.25) is 4.79 Å². The van der Waals surface area contributed by atoms with Gasteiger partial charge in [0.05, 0.1) is 5.56 Å². The van der Waals surface area contributed by atoms with Crippen LogP contribution in [0.15, 0.2) is 18.3 Å². The Kier molecular flexibility index (Phi) is 3.31. The second kappa shape index (κ2) is 4.73. The molecule has 1 aromatic heterocycles. The van der Waals surface area contributed by atoms with Crippen molar-refractivity contribution in [1.29, 1.82) is 0 Å². The highest BCUT2D eigenvalue weighted by Gasteiger charge is 2.37. The second-order valence-corrected chi connectivity index (χ2v) is 4.96. The van der Waals surface area contributed by atoms with Crippen molar-refractivity contribution in [2.24, 2.45) is 5.41 Å². The average Bonchev–Trinajstić information content (AvgIpc) is 3.06. The molecule has 17 heavy (non-hydrogen) atoms. The number of amides is 1. The Hall–Kier alpha value is -1.58. The van der Waals surface area contributed by atoms with Crippen LogP contribution in [0.3, 0.4) is 0 Å². The Morgan fingerprint density at radius 2 is 2.24 bits per heavy atom. The summed E-state index contributed by atoms with van der Waals surface area (Å²) in [5.74, 6) is 0.770. The molecule has 1 saturated carbocycles. The van der Waals surface area contributed by atoms with Gasteiger partial charge in [-0.2, -0.15) is 0 Å². The van der Waals surface area contributed by atoms with Crippen LogP contribution in [0.5, 0.6) is 0 Å². The second-order valence-electron chi connectivity index (χ2n) is 4.96. The number of aromatic nitrogens is 1. The normalized spacial score (nSPS) is 16.4. The highest BCUT2D eigenvalue weighted by Crippen LogP contribution is 2.44. The van der Waals surface area contributed by atoms with E-state index in [1.807, 2.05) is 13.0 Å². The van der Waals surface area contributed by atoms with E-state index >= 15 is 0 Å². The zero-order valence-corrected chi connectivity index (χ0v) is 10.4. The summed E-state index contributed by atoms with van der Waals surface area (Å²) in [6.07, 6.45) is 4.04. The molecule has 0 unspecified atom stereocenters. The molecule has 4 heteroatoms. The first-order chi connectivity index (χ1) is 8.13. The predicted octanol–water partition coefficient (Wildman–Crippen LogP) is 2.04. The fourth-order valence-corrected chi connectivity index (χ4v) is 1.60. The van der Waals surface area contributed by atoms with Crippen LogP contribution in [-0.2, 0) is 0 Å². The zero-order valence-electron chi connectivity index (χ0n) is 10.4. The first kappa shape index (κ1) is 11.9. The minimum absolute atomic E-state index is 0.0336. The molecule has 1 amide bonds. The number of carbonyl (C=O) groups excluding carboxylic acids is 1. The standard InChI is InChI=1S/C13H19N3O/c1-3-14-11-5-4-10(8-15-11)12(17)16-9-13(2)6-7-13/h4-5,8H,3,6-7,9H2,1-2H3,(H,14,15)(H,16,17). The summed E-state index contributed by atoms with van der Waals surface area (Å²) in [6, 6.07) is 3.63. The van der Waals surface area contributed by atoms with E-state index in [0.29, 0.717) is 11.0 Å². The third-order valence-electron chi connectivity index (χ3n) is 3.16. The van der Waals surface area contributed by atoms with Crippen molar-refractivity contribution in [2.75, 3.05) is 18.4 Å². The van der Waals surface area contributed by atoms with Crippen molar-refractivity contribution in [1.82, 2.24) is 10.3 Å². The summed E-state index contributed by atoms with van der Waals surface area (Å²) in [4.78, 5) is 16.0. The van der Waals surface area contributed by atoms with Crippen molar-refractivity contribution < 1.29 is 4.79 Å². The highest BCUT2D eigenvalue weighted by molar-refractivity contribution is 5.94. The summed E-state index contributed by atoms with van der Waals surface area (Å²) in [7, 11) is 0. The van der Waals surface area contributed by atoms with Crippen LogP contribution in [0.1, 0.15) is 37.0 Å². The molecule has 1 aromatic rings. The van der Waals surface area contributed by atoms with E-state index in [2.05, 4.69) is 22.5 Å². The minimum atomic E-state index is -0.0336. The van der Waals surface area contributed by atoms with Crippen LogP contribution in [0.2, 0.25) is 0 Å². The van der Waals surface area contributed by atoms with E-state index in [1.54, 1.807) is 12.3 Å². The molecular formula is C13H19N3O. The van der Waals surface area contributed by atoms with Crippen molar-refractivity contribution in [3.63, 3.8) is 0 Å². The number of carbonyl (C=O) groups is 1. The van der Waals surface area contributed by atoms with E-state index in [0.717, 1.165) is 18.9 Å². The van der Waals surface area contributed by atoms with Crippen molar-refractivity contribution in [2.45, 2.75) is 26.7 Å². The van der Waals surface area contributed by atoms with Gasteiger partial charge >= 0.3 is 0 Å². The molecule has 4 nitrogen and oxygen atoms in total. The third kappa shape index (κ3) is 3.19. The van der Waals surface area contributed by atoms with Crippen LogP contribution < -0.4 is 10.6 Å². The summed E-state index contributed by atoms with van der Waals surface area (Å²) in [5, 5.41) is 6.05. The van der Waals surface area contributed by atoms with Gasteiger partial charge in [0.15, 0.2) is 0 Å². The molecule has 1 heterocycles. The maximum Gasteiger partial charge on any atom is 0.252 e. The number of hydrogen-bond acceptors (Lipinski definition) is 3. The Morgan fingerprint density at radius 3 is 2.76 bits per heavy atom. The lowest BCUT2D eigenvalue weighted by molar-refractivity contribution is 0.0946. The molecule has 0 aromatic carbocycles. The van der Waals surface area contributed by atoms with Crippen LogP contribution in [-0.4, -0.2) is 24.0 Å². The fourth-order valence-electron chi connectivity index (χ4n) is 1.60. The summed E-state index contributed by atoms with van der Waals surface area (Å²) < 4.78 is 0. The van der Waals surface area contributed by atoms with E-state index < -0.39 is 0 Å². The van der Waals surface area contributed by atoms with Gasteiger partial charge in [-0.05, 0) is 37.3 Å². The number of rotatable bonds is 5. The van der Waals surface area contributed by atoms with Gasteiger partial charge in [-0.25, -0.2) is 4.98 Å². The highest BCUT2D eigenvalue weighted by atomic mass is 16.1. The van der Waals surface area contributed by atoms with Gasteiger partial charge in [-0.1, -0.05) is 6.92 Å². The molecule has 2 rings (SSSR count). The summed E-state index contributed by atoms with van der Waals surface area (Å²) >= 11 is 0. The van der Waals surface area contributed by atoms with Crippen LogP contribution in [0, 0.1) is 5.41 Å². The molecule has 2 N–H and O–H groups in total. The lowest BCUT2D eigenvalue weighted by Gasteiger charge is -2.10. The lowest BCUT2D eigenvalue weighted by Crippen LogP contribution is -2.29. The average molecular weight is 233 g/mol. The van der Waals surface area contributed by atoms with Gasteiger partial charge < -0.3 is 10.6 Å². The van der Waals surface area contributed by atoms with Gasteiger partial charge in [0.1, 0.15) is 5.82 Å². The number of hydrogen-bond donors (Lipinski definition) is 2. The Labute approximate surface area is 102 Å². The lowest BCUT2D eigenvalue weighted by atomic mass is 10.1. The summed E-state index contributed by atoms with van der Waals surface area (Å²) in [5.41, 5.74) is 0.961. The first-order valence-corrected chi connectivity index (χ1v) is 6.11. The molecule has 0 spiro atoms. The SMILES string of the molecule is CCNc1ccc(C(=O)NCC2(C)CC2)cn1. The van der Waals surface area contributed by atoms with Crippen LogP contribution in [0.25, 0.3) is 0 Å². The molecule has 0 radical (unpaired) electrons. The van der Waals surface area contributed by atoms with E-state index in [4.69, 9.17) is 0 Å². The Morgan fingerprint density at radius 1 is 1.47 bits per heavy atom. The molecule has 0 saturated heterocycles. The van der Waals surface area contributed by atoms with Crippen LogP contribution in [0.4, 0.5) is 5.82 Å². The third-order valence-corrected chi connectivity index (χ3v) is 3.16. The maximum absolute atomic E-state index is 11.8. The molecule has 0 atom stereocenters. The van der Waals surface area contributed by atoms with Crippen LogP contribution >= 0.6 is 0 Å². The molecular weight excluding hydrogens is 214 g/mol. The topological polar surface area (TPSA) is 54.0 Å². The predicted molar refractivity (Wildman–Crippen MR) is 68.1 cm³/mol. The van der Waals surface area contributed by atoms with E-state index in [-0.39, 0.29) is 5.91 Å². The molecule has 1 aliphatic rings. The quantitative estimate of drug-likeness (QED) is 0.818. The number of nitrogens with one attached hydrogen (secondary N) is 2. The Balaban J connectivity index is 1.89. The molecule has 92 valence electrons. The van der Waals surface area contributed by atoms with Gasteiger partial charge in [-0.15, -0.1) is 0 Å². The fraction of sp³-hybridized carbons (Fsp3) is 0.538. The van der Waals surface area contributed by atoms with Gasteiger partial charge in [0, 0.05) is 19.3 Å². The molecule has 0 aliphatic heterocycles. The van der Waals surface area contributed by atoms with E-state index in [9.17, 15) is 4.79 Å². The summed E-state index contributed by atoms with van der Waals surface area (Å²) in [6.45, 7) is 5.80. The smallest absolute Gasteiger partial charge is 0.252 e. The van der Waals surface area contributed by atoms with E-state index in [1.165, 1.54) is 12.8 Å². The van der Waals surface area contributed by atoms with Gasteiger partial charge in [0.25, 0.3) is 5.91 Å². The van der Waals surface area contributed by atoms with Gasteiger partial charge in [0.2, 0.25) is 0 Å². The monoisotopic (exact) mass is 233 g/mol. The van der Waals surface area contributed by atoms with Crippen molar-refractivity contribution in [3.05, 3.63) is 23.9 Å². The maximum atomic E-state index is 11.8. The molecule has 1 aliphatic carbocycles. The number of pyridine rings is 1. The van der Waals surface area contributed by atoms with Crippen molar-refractivity contribution in [3.8, 4) is 0 Å². The molecule has 1 fully saturated rings. The number of nitrogens with zero attached hydrogens (tertiary/aromatic N) is 1. The largest absolute Gasteiger partial charge is 0.370 e. The molecule has 0 bridgehead atoms. The first-order valence-electron chi connectivity index (χ1n) is 6.11.